The summed E-state index contributed by atoms with van der Waals surface area (Å²) in [4.78, 5) is 2.17. The molecule has 0 aliphatic rings. The third-order valence-corrected chi connectivity index (χ3v) is 8.80. The molecule has 0 atom stereocenters. The maximum Gasteiger partial charge on any atom is 0.0415 e. The van der Waals surface area contributed by atoms with Gasteiger partial charge in [0.1, 0.15) is 0 Å². The summed E-state index contributed by atoms with van der Waals surface area (Å²) >= 11 is 0. The lowest BCUT2D eigenvalue weighted by Crippen LogP contribution is -2.14. The number of rotatable bonds is 7. The van der Waals surface area contributed by atoms with Crippen LogP contribution in [0.3, 0.4) is 0 Å². The fourth-order valence-electron chi connectivity index (χ4n) is 6.56. The van der Waals surface area contributed by atoms with Crippen LogP contribution in [0.5, 0.6) is 0 Å². The van der Waals surface area contributed by atoms with Gasteiger partial charge in [-0.25, -0.2) is 0 Å². The molecule has 0 aliphatic carbocycles. The van der Waals surface area contributed by atoms with Gasteiger partial charge in [-0.2, -0.15) is 0 Å². The second kappa shape index (κ2) is 12.2. The number of para-hydroxylation sites is 1. The lowest BCUT2D eigenvalue weighted by atomic mass is 9.83. The van der Waals surface area contributed by atoms with Crippen LogP contribution in [-0.4, -0.2) is 14.1 Å². The van der Waals surface area contributed by atoms with Gasteiger partial charge in [-0.3, -0.25) is 0 Å². The molecular formula is C43H38N2. The molecule has 0 spiro atoms. The number of nitrogens with one attached hydrogen (secondary N) is 1. The van der Waals surface area contributed by atoms with E-state index in [0.717, 1.165) is 28.1 Å². The van der Waals surface area contributed by atoms with Gasteiger partial charge < -0.3 is 10.2 Å². The van der Waals surface area contributed by atoms with E-state index in [1.807, 2.05) is 25.3 Å². The molecular weight excluding hydrogens is 544 g/mol. The van der Waals surface area contributed by atoms with E-state index in [9.17, 15) is 0 Å². The van der Waals surface area contributed by atoms with Gasteiger partial charge in [-0.1, -0.05) is 135 Å². The third-order valence-electron chi connectivity index (χ3n) is 8.80. The number of aryl methyl sites for hydroxylation is 1. The van der Waals surface area contributed by atoms with Crippen molar-refractivity contribution in [2.45, 2.75) is 6.92 Å². The van der Waals surface area contributed by atoms with E-state index < -0.39 is 0 Å². The van der Waals surface area contributed by atoms with Crippen molar-refractivity contribution in [3.8, 4) is 11.1 Å². The molecule has 220 valence electrons. The zero-order valence-electron chi connectivity index (χ0n) is 26.3. The molecule has 0 bridgehead atoms. The lowest BCUT2D eigenvalue weighted by molar-refractivity contribution is 1.11. The van der Waals surface area contributed by atoms with E-state index in [1.165, 1.54) is 59.8 Å². The largest absolute Gasteiger partial charge is 0.394 e. The Bertz CT molecular complexity index is 2220. The fourth-order valence-corrected chi connectivity index (χ4v) is 6.56. The summed E-state index contributed by atoms with van der Waals surface area (Å²) in [6, 6.07) is 37.2. The van der Waals surface area contributed by atoms with Crippen molar-refractivity contribution in [1.82, 2.24) is 5.32 Å². The van der Waals surface area contributed by atoms with Crippen LogP contribution in [0.1, 0.15) is 22.3 Å². The standard InChI is InChI=1S/C40H31N.C3H7N/c1-6-27-16-18-33-34-19-17-28(7-2)38-32(29-13-11-12-25(3)24-29)21-23-36(40(34)38)35-22-20-31(37(27)39(33)35)26(4)41(5)30-14-9-8-10-15-30;1-3-4-2/h6-24H,1-2,4H2,3,5H3;3-4H,1H2,2H3. The maximum absolute atomic E-state index is 4.57. The maximum atomic E-state index is 4.57. The fraction of sp³-hybridized carbons (Fsp3) is 0.0698. The molecule has 2 heteroatoms. The number of hydrogen-bond acceptors (Lipinski definition) is 2. The van der Waals surface area contributed by atoms with E-state index in [-0.39, 0.29) is 0 Å². The second-order valence-corrected chi connectivity index (χ2v) is 11.3. The Kier molecular flexibility index (Phi) is 7.98. The molecule has 2 nitrogen and oxygen atoms in total. The smallest absolute Gasteiger partial charge is 0.0415 e. The second-order valence-electron chi connectivity index (χ2n) is 11.3. The number of fused-ring (bicyclic) bond motifs is 2. The average molecular weight is 583 g/mol. The molecule has 0 aromatic heterocycles. The minimum absolute atomic E-state index is 0.954. The van der Waals surface area contributed by atoms with Gasteiger partial charge in [0.2, 0.25) is 0 Å². The van der Waals surface area contributed by atoms with Gasteiger partial charge in [0, 0.05) is 31.0 Å². The highest BCUT2D eigenvalue weighted by Crippen LogP contribution is 2.46. The highest BCUT2D eigenvalue weighted by molar-refractivity contribution is 6.36. The van der Waals surface area contributed by atoms with Crippen molar-refractivity contribution < 1.29 is 0 Å². The van der Waals surface area contributed by atoms with Gasteiger partial charge >= 0.3 is 0 Å². The Balaban J connectivity index is 0.000000845. The first-order valence-electron chi connectivity index (χ1n) is 15.2. The third kappa shape index (κ3) is 4.95. The van der Waals surface area contributed by atoms with E-state index in [0.29, 0.717) is 0 Å². The highest BCUT2D eigenvalue weighted by Gasteiger charge is 2.21. The summed E-state index contributed by atoms with van der Waals surface area (Å²) in [5.41, 5.74) is 9.16. The lowest BCUT2D eigenvalue weighted by Gasteiger charge is -2.25. The number of nitrogens with zero attached hydrogens (tertiary/aromatic N) is 1. The molecule has 1 N–H and O–H groups in total. The first-order valence-corrected chi connectivity index (χ1v) is 15.2. The van der Waals surface area contributed by atoms with Gasteiger partial charge in [-0.05, 0) is 90.6 Å². The molecule has 7 aromatic carbocycles. The summed E-state index contributed by atoms with van der Waals surface area (Å²) in [6.45, 7) is 18.5. The Labute approximate surface area is 266 Å². The van der Waals surface area contributed by atoms with Crippen LogP contribution < -0.4 is 10.2 Å². The van der Waals surface area contributed by atoms with Crippen molar-refractivity contribution in [2.24, 2.45) is 0 Å². The van der Waals surface area contributed by atoms with Crippen LogP contribution in [0.15, 0.2) is 136 Å². The Morgan fingerprint density at radius 2 is 1.20 bits per heavy atom. The van der Waals surface area contributed by atoms with Crippen LogP contribution in [0, 0.1) is 6.92 Å². The van der Waals surface area contributed by atoms with E-state index in [1.54, 1.807) is 6.20 Å². The Hall–Kier alpha value is -5.60. The molecule has 0 saturated heterocycles. The first-order chi connectivity index (χ1) is 21.9. The van der Waals surface area contributed by atoms with Crippen LogP contribution in [0.25, 0.3) is 72.1 Å². The number of hydrogen-bond donors (Lipinski definition) is 1. The molecule has 0 amide bonds. The van der Waals surface area contributed by atoms with Crippen LogP contribution >= 0.6 is 0 Å². The van der Waals surface area contributed by atoms with Crippen molar-refractivity contribution >= 4 is 66.6 Å². The molecule has 7 aromatic rings. The van der Waals surface area contributed by atoms with Crippen LogP contribution in [-0.2, 0) is 0 Å². The molecule has 0 aliphatic heterocycles. The summed E-state index contributed by atoms with van der Waals surface area (Å²) in [5, 5.41) is 12.7. The van der Waals surface area contributed by atoms with Gasteiger partial charge in [0.25, 0.3) is 0 Å². The monoisotopic (exact) mass is 582 g/mol. The van der Waals surface area contributed by atoms with Crippen LogP contribution in [0.4, 0.5) is 5.69 Å². The van der Waals surface area contributed by atoms with E-state index in [4.69, 9.17) is 0 Å². The van der Waals surface area contributed by atoms with Crippen molar-refractivity contribution in [2.75, 3.05) is 19.0 Å². The molecule has 0 saturated carbocycles. The van der Waals surface area contributed by atoms with Gasteiger partial charge in [0.15, 0.2) is 0 Å². The summed E-state index contributed by atoms with van der Waals surface area (Å²) < 4.78 is 0. The topological polar surface area (TPSA) is 15.3 Å². The van der Waals surface area contributed by atoms with Crippen molar-refractivity contribution in [3.05, 3.63) is 158 Å². The predicted octanol–water partition coefficient (Wildman–Crippen LogP) is 11.5. The first kappa shape index (κ1) is 29.5. The Morgan fingerprint density at radius 3 is 1.78 bits per heavy atom. The van der Waals surface area contributed by atoms with E-state index >= 15 is 0 Å². The molecule has 45 heavy (non-hydrogen) atoms. The Morgan fingerprint density at radius 1 is 0.644 bits per heavy atom. The molecule has 0 fully saturated rings. The van der Waals surface area contributed by atoms with Crippen molar-refractivity contribution in [1.29, 1.82) is 0 Å². The zero-order valence-corrected chi connectivity index (χ0v) is 26.3. The number of anilines is 1. The quantitative estimate of drug-likeness (QED) is 0.149. The predicted molar refractivity (Wildman–Crippen MR) is 201 cm³/mol. The molecule has 7 rings (SSSR count). The van der Waals surface area contributed by atoms with Gasteiger partial charge in [0.05, 0.1) is 0 Å². The SMILES string of the molecule is C=CNC.C=Cc1ccc2c3ccc(C=C)c4c(-c5cccc(C)c5)ccc(c5ccc(C(=C)N(C)c6ccccc6)c1c25)c43. The molecule has 0 heterocycles. The van der Waals surface area contributed by atoms with E-state index in [2.05, 4.69) is 148 Å². The average Bonchev–Trinajstić information content (AvgIpc) is 3.09. The van der Waals surface area contributed by atoms with Crippen LogP contribution in [0.2, 0.25) is 0 Å². The normalized spacial score (nSPS) is 10.9. The highest BCUT2D eigenvalue weighted by atomic mass is 15.1. The molecule has 0 radical (unpaired) electrons. The molecule has 0 unspecified atom stereocenters. The number of benzene rings is 7. The van der Waals surface area contributed by atoms with Gasteiger partial charge in [-0.15, -0.1) is 0 Å². The van der Waals surface area contributed by atoms with Crippen molar-refractivity contribution in [3.63, 3.8) is 0 Å². The zero-order chi connectivity index (χ0) is 31.7. The minimum atomic E-state index is 0.954. The summed E-state index contributed by atoms with van der Waals surface area (Å²) in [6.07, 6.45) is 5.58. The minimum Gasteiger partial charge on any atom is -0.394 e. The summed E-state index contributed by atoms with van der Waals surface area (Å²) in [7, 11) is 3.90. The summed E-state index contributed by atoms with van der Waals surface area (Å²) in [5.74, 6) is 0.